The molecule has 294 valence electrons. The van der Waals surface area contributed by atoms with E-state index in [1.807, 2.05) is 0 Å². The van der Waals surface area contributed by atoms with Crippen molar-refractivity contribution >= 4 is 40.6 Å². The minimum atomic E-state index is -0.538. The first-order chi connectivity index (χ1) is 26.7. The molecule has 4 aliphatic rings. The Hall–Kier alpha value is -4.98. The molecule has 3 aliphatic heterocycles. The van der Waals surface area contributed by atoms with E-state index in [9.17, 15) is 14.4 Å². The van der Waals surface area contributed by atoms with Crippen LogP contribution in [0.15, 0.2) is 78.5 Å². The summed E-state index contributed by atoms with van der Waals surface area (Å²) in [7, 11) is 0. The summed E-state index contributed by atoms with van der Waals surface area (Å²) in [5.74, 6) is -1.43. The molecule has 0 aromatic heterocycles. The molecule has 0 bridgehead atoms. The highest BCUT2D eigenvalue weighted by molar-refractivity contribution is 6.03. The molecular formula is C48H59N4O4+. The quantitative estimate of drug-likeness (QED) is 0.0984. The van der Waals surface area contributed by atoms with E-state index in [4.69, 9.17) is 4.84 Å². The number of imide groups is 1. The molecule has 2 amide bonds. The fourth-order valence-corrected chi connectivity index (χ4v) is 9.65. The second-order valence-corrected chi connectivity index (χ2v) is 17.3. The molecule has 3 heterocycles. The maximum atomic E-state index is 12.5. The Kier molecular flexibility index (Phi) is 10.4. The molecule has 3 aromatic carbocycles. The minimum Gasteiger partial charge on any atom is -0.372 e. The zero-order valence-electron chi connectivity index (χ0n) is 34.9. The summed E-state index contributed by atoms with van der Waals surface area (Å²) in [6.07, 6.45) is 9.54. The molecule has 0 N–H and O–H groups in total. The van der Waals surface area contributed by atoms with E-state index in [0.29, 0.717) is 11.5 Å². The number of hydrogen-bond acceptors (Lipinski definition) is 6. The van der Waals surface area contributed by atoms with E-state index in [2.05, 4.69) is 150 Å². The molecule has 3 aromatic rings. The van der Waals surface area contributed by atoms with E-state index in [1.165, 1.54) is 61.9 Å². The van der Waals surface area contributed by atoms with Gasteiger partial charge in [-0.05, 0) is 106 Å². The van der Waals surface area contributed by atoms with Crippen LogP contribution in [0, 0.1) is 0 Å². The first kappa shape index (κ1) is 39.3. The number of rotatable bonds is 13. The molecule has 0 saturated carbocycles. The van der Waals surface area contributed by atoms with Gasteiger partial charge in [-0.15, -0.1) is 5.06 Å². The Bertz CT molecular complexity index is 2170. The number of carbonyl (C=O) groups is 3. The summed E-state index contributed by atoms with van der Waals surface area (Å²) in [5.41, 5.74) is 13.9. The van der Waals surface area contributed by atoms with Gasteiger partial charge in [0.15, 0.2) is 5.71 Å². The Morgan fingerprint density at radius 3 is 2.20 bits per heavy atom. The third-order valence-corrected chi connectivity index (χ3v) is 12.9. The number of unbranched alkanes of at least 4 members (excludes halogenated alkanes) is 2. The highest BCUT2D eigenvalue weighted by Gasteiger charge is 2.46. The molecule has 1 aliphatic carbocycles. The molecular weight excluding hydrogens is 697 g/mol. The molecule has 56 heavy (non-hydrogen) atoms. The lowest BCUT2D eigenvalue weighted by molar-refractivity contribution is -0.433. The average molecular weight is 756 g/mol. The van der Waals surface area contributed by atoms with Gasteiger partial charge in [-0.2, -0.15) is 4.58 Å². The largest absolute Gasteiger partial charge is 0.372 e. The zero-order chi connectivity index (χ0) is 40.2. The van der Waals surface area contributed by atoms with Gasteiger partial charge in [0.05, 0.1) is 5.41 Å². The maximum absolute atomic E-state index is 12.5. The van der Waals surface area contributed by atoms with Gasteiger partial charge in [0, 0.05) is 84.5 Å². The lowest BCUT2D eigenvalue weighted by Gasteiger charge is -2.27. The number of allylic oxidation sites excluding steroid dienone is 4. The lowest BCUT2D eigenvalue weighted by atomic mass is 9.79. The fraction of sp³-hybridized carbons (Fsp3) is 0.458. The van der Waals surface area contributed by atoms with Crippen LogP contribution in [-0.4, -0.2) is 59.3 Å². The van der Waals surface area contributed by atoms with Crippen LogP contribution in [0.5, 0.6) is 0 Å². The van der Waals surface area contributed by atoms with Crippen molar-refractivity contribution in [1.82, 2.24) is 5.06 Å². The van der Waals surface area contributed by atoms with Crippen LogP contribution in [-0.2, 0) is 35.5 Å². The summed E-state index contributed by atoms with van der Waals surface area (Å²) in [6, 6.07) is 20.7. The first-order valence-electron chi connectivity index (χ1n) is 20.7. The molecule has 1 saturated heterocycles. The summed E-state index contributed by atoms with van der Waals surface area (Å²) in [5, 5.41) is 0.640. The topological polar surface area (TPSA) is 73.2 Å². The minimum absolute atomic E-state index is 0.0939. The number of benzene rings is 3. The van der Waals surface area contributed by atoms with E-state index in [-0.39, 0.29) is 35.5 Å². The van der Waals surface area contributed by atoms with Crippen molar-refractivity contribution < 1.29 is 23.8 Å². The summed E-state index contributed by atoms with van der Waals surface area (Å²) < 4.78 is 2.47. The fourth-order valence-electron chi connectivity index (χ4n) is 9.65. The van der Waals surface area contributed by atoms with E-state index < -0.39 is 17.8 Å². The predicted octanol–water partition coefficient (Wildman–Crippen LogP) is 9.64. The average Bonchev–Trinajstić information content (AvgIpc) is 3.76. The first-order valence-corrected chi connectivity index (χ1v) is 20.7. The summed E-state index contributed by atoms with van der Waals surface area (Å²) in [6.45, 7) is 24.4. The van der Waals surface area contributed by atoms with Crippen LogP contribution in [0.4, 0.5) is 17.1 Å². The van der Waals surface area contributed by atoms with Crippen molar-refractivity contribution in [3.05, 3.63) is 101 Å². The normalized spacial score (nSPS) is 19.3. The van der Waals surface area contributed by atoms with Gasteiger partial charge in [-0.3, -0.25) is 9.59 Å². The Morgan fingerprint density at radius 1 is 0.786 bits per heavy atom. The summed E-state index contributed by atoms with van der Waals surface area (Å²) in [4.78, 5) is 46.4. The van der Waals surface area contributed by atoms with E-state index in [1.54, 1.807) is 0 Å². The molecule has 7 rings (SSSR count). The van der Waals surface area contributed by atoms with Crippen molar-refractivity contribution in [1.29, 1.82) is 0 Å². The number of hydroxylamine groups is 2. The van der Waals surface area contributed by atoms with Crippen LogP contribution in [0.2, 0.25) is 0 Å². The molecule has 1 fully saturated rings. The van der Waals surface area contributed by atoms with Gasteiger partial charge < -0.3 is 14.6 Å². The number of amides is 2. The maximum Gasteiger partial charge on any atom is 0.333 e. The Labute approximate surface area is 333 Å². The number of nitrogens with zero attached hydrogens (tertiary/aromatic N) is 4. The molecule has 0 radical (unpaired) electrons. The van der Waals surface area contributed by atoms with Crippen LogP contribution in [0.1, 0.15) is 123 Å². The number of carbonyl (C=O) groups excluding carboxylic acids is 3. The molecule has 8 heteroatoms. The number of hydrogen-bond donors (Lipinski definition) is 0. The van der Waals surface area contributed by atoms with Crippen molar-refractivity contribution in [2.45, 2.75) is 117 Å². The smallest absolute Gasteiger partial charge is 0.333 e. The van der Waals surface area contributed by atoms with Gasteiger partial charge in [0.25, 0.3) is 11.8 Å². The van der Waals surface area contributed by atoms with Crippen LogP contribution in [0.3, 0.4) is 0 Å². The van der Waals surface area contributed by atoms with Crippen molar-refractivity contribution in [2.24, 2.45) is 0 Å². The second-order valence-electron chi connectivity index (χ2n) is 17.3. The van der Waals surface area contributed by atoms with Gasteiger partial charge in [-0.25, -0.2) is 4.79 Å². The number of anilines is 2. The van der Waals surface area contributed by atoms with Gasteiger partial charge >= 0.3 is 5.97 Å². The highest BCUT2D eigenvalue weighted by Crippen LogP contribution is 2.56. The Morgan fingerprint density at radius 2 is 1.50 bits per heavy atom. The highest BCUT2D eigenvalue weighted by atomic mass is 16.7. The van der Waals surface area contributed by atoms with E-state index in [0.717, 1.165) is 39.0 Å². The SMILES string of the molecule is CCN(CC)c1ccc2c(c1)C(C)(C)C(/C=C/C=C1/N(CCCCCC(=O)ON3C(=O)CCC3=O)c3cc4c(cc3C1(C)C)-c1ccccc1C4(C)C)=[N+]2CC. The lowest BCUT2D eigenvalue weighted by Crippen LogP contribution is -2.32. The second kappa shape index (κ2) is 14.8. The van der Waals surface area contributed by atoms with Crippen molar-refractivity contribution in [3.63, 3.8) is 0 Å². The van der Waals surface area contributed by atoms with Crippen LogP contribution in [0.25, 0.3) is 11.1 Å². The molecule has 8 nitrogen and oxygen atoms in total. The molecule has 0 atom stereocenters. The standard InChI is InChI=1S/C48H59N4O4/c1-10-49(11-2)32-24-25-39-37(29-32)47(6,7)41(50(39)12-3)21-18-22-42-48(8,9)38-30-34-33-19-15-16-20-35(33)46(4,5)36(34)31-40(38)51(42)28-17-13-14-23-45(55)56-52-43(53)26-27-44(52)54/h15-16,18-22,24-25,29-31H,10-14,17,23,26-28H2,1-9H3/q+1. The van der Waals surface area contributed by atoms with Gasteiger partial charge in [0.1, 0.15) is 6.54 Å². The Balaban J connectivity index is 1.18. The predicted molar refractivity (Wildman–Crippen MR) is 226 cm³/mol. The van der Waals surface area contributed by atoms with Gasteiger partial charge in [0.2, 0.25) is 5.69 Å². The zero-order valence-corrected chi connectivity index (χ0v) is 34.9. The van der Waals surface area contributed by atoms with Crippen LogP contribution < -0.4 is 9.80 Å². The van der Waals surface area contributed by atoms with Gasteiger partial charge in [-0.1, -0.05) is 64.5 Å². The number of fused-ring (bicyclic) bond motifs is 5. The van der Waals surface area contributed by atoms with Crippen molar-refractivity contribution in [3.8, 4) is 11.1 Å². The molecule has 0 unspecified atom stereocenters. The van der Waals surface area contributed by atoms with Crippen LogP contribution >= 0.6 is 0 Å². The third kappa shape index (κ3) is 6.49. The van der Waals surface area contributed by atoms with E-state index >= 15 is 0 Å². The van der Waals surface area contributed by atoms with Crippen molar-refractivity contribution in [2.75, 3.05) is 36.0 Å². The third-order valence-electron chi connectivity index (χ3n) is 12.9. The monoisotopic (exact) mass is 755 g/mol. The summed E-state index contributed by atoms with van der Waals surface area (Å²) >= 11 is 0. The molecule has 0 spiro atoms.